The Kier molecular flexibility index (Phi) is 3.42. The Hall–Kier alpha value is -2.14. The third-order valence-electron chi connectivity index (χ3n) is 4.25. The summed E-state index contributed by atoms with van der Waals surface area (Å²) in [6, 6.07) is 11.6. The SMILES string of the molecule is Oc1ccc2ccccc2c1C1NNC(C2C=CC=CC2)O1. The second-order valence-corrected chi connectivity index (χ2v) is 5.66. The van der Waals surface area contributed by atoms with Crippen molar-refractivity contribution in [2.75, 3.05) is 0 Å². The number of hydrazine groups is 1. The lowest BCUT2D eigenvalue weighted by Crippen LogP contribution is -2.35. The van der Waals surface area contributed by atoms with Gasteiger partial charge >= 0.3 is 0 Å². The van der Waals surface area contributed by atoms with Gasteiger partial charge in [-0.25, -0.2) is 10.9 Å². The maximum absolute atomic E-state index is 10.3. The first-order valence-electron chi connectivity index (χ1n) is 7.53. The van der Waals surface area contributed by atoms with Gasteiger partial charge in [0.2, 0.25) is 0 Å². The molecule has 3 atom stereocenters. The Balaban J connectivity index is 1.64. The highest BCUT2D eigenvalue weighted by Gasteiger charge is 2.32. The minimum atomic E-state index is -0.365. The Morgan fingerprint density at radius 3 is 2.82 bits per heavy atom. The minimum absolute atomic E-state index is 0.107. The fourth-order valence-corrected chi connectivity index (χ4v) is 3.10. The third kappa shape index (κ3) is 2.31. The van der Waals surface area contributed by atoms with Gasteiger partial charge in [-0.15, -0.1) is 0 Å². The van der Waals surface area contributed by atoms with Crippen LogP contribution in [0.25, 0.3) is 10.8 Å². The second-order valence-electron chi connectivity index (χ2n) is 5.66. The third-order valence-corrected chi connectivity index (χ3v) is 4.25. The van der Waals surface area contributed by atoms with Crippen molar-refractivity contribution in [2.45, 2.75) is 18.9 Å². The maximum Gasteiger partial charge on any atom is 0.152 e. The van der Waals surface area contributed by atoms with Crippen LogP contribution < -0.4 is 10.9 Å². The normalized spacial score (nSPS) is 27.5. The Morgan fingerprint density at radius 2 is 1.95 bits per heavy atom. The van der Waals surface area contributed by atoms with Gasteiger partial charge < -0.3 is 9.84 Å². The molecule has 0 bridgehead atoms. The van der Waals surface area contributed by atoms with Crippen molar-refractivity contribution in [1.82, 2.24) is 10.9 Å². The first kappa shape index (κ1) is 13.5. The number of allylic oxidation sites excluding steroid dienone is 3. The van der Waals surface area contributed by atoms with Gasteiger partial charge in [0.15, 0.2) is 6.23 Å². The van der Waals surface area contributed by atoms with Crippen molar-refractivity contribution in [3.05, 3.63) is 66.3 Å². The smallest absolute Gasteiger partial charge is 0.152 e. The van der Waals surface area contributed by atoms with E-state index in [1.165, 1.54) is 0 Å². The van der Waals surface area contributed by atoms with Gasteiger partial charge in [0, 0.05) is 11.5 Å². The summed E-state index contributed by atoms with van der Waals surface area (Å²) in [5.41, 5.74) is 7.14. The summed E-state index contributed by atoms with van der Waals surface area (Å²) >= 11 is 0. The topological polar surface area (TPSA) is 53.5 Å². The number of hydrogen-bond acceptors (Lipinski definition) is 4. The summed E-state index contributed by atoms with van der Waals surface area (Å²) in [4.78, 5) is 0. The molecule has 1 saturated heterocycles. The molecule has 2 aliphatic rings. The summed E-state index contributed by atoms with van der Waals surface area (Å²) in [5, 5.41) is 12.4. The number of nitrogens with one attached hydrogen (secondary N) is 2. The van der Waals surface area contributed by atoms with E-state index in [0.29, 0.717) is 5.92 Å². The van der Waals surface area contributed by atoms with Gasteiger partial charge in [0.1, 0.15) is 12.0 Å². The molecule has 3 N–H and O–H groups in total. The number of aromatic hydroxyl groups is 1. The lowest BCUT2D eigenvalue weighted by Gasteiger charge is -2.20. The Morgan fingerprint density at radius 1 is 1.05 bits per heavy atom. The van der Waals surface area contributed by atoms with Crippen LogP contribution in [0.5, 0.6) is 5.75 Å². The molecule has 1 fully saturated rings. The molecule has 1 aliphatic carbocycles. The highest BCUT2D eigenvalue weighted by molar-refractivity contribution is 5.88. The molecule has 2 aromatic carbocycles. The monoisotopic (exact) mass is 294 g/mol. The maximum atomic E-state index is 10.3. The lowest BCUT2D eigenvalue weighted by molar-refractivity contribution is 0.0118. The number of phenols is 1. The van der Waals surface area contributed by atoms with E-state index in [9.17, 15) is 5.11 Å². The first-order valence-corrected chi connectivity index (χ1v) is 7.53. The molecular formula is C18H18N2O2. The number of benzene rings is 2. The molecule has 3 unspecified atom stereocenters. The van der Waals surface area contributed by atoms with Crippen LogP contribution >= 0.6 is 0 Å². The predicted molar refractivity (Wildman–Crippen MR) is 85.9 cm³/mol. The van der Waals surface area contributed by atoms with E-state index >= 15 is 0 Å². The predicted octanol–water partition coefficient (Wildman–Crippen LogP) is 3.13. The zero-order valence-corrected chi connectivity index (χ0v) is 12.1. The number of phenolic OH excluding ortho intramolecular Hbond substituents is 1. The highest BCUT2D eigenvalue weighted by Crippen LogP contribution is 2.36. The molecule has 112 valence electrons. The molecule has 2 aromatic rings. The van der Waals surface area contributed by atoms with Crippen molar-refractivity contribution in [3.8, 4) is 5.75 Å². The first-order chi connectivity index (χ1) is 10.8. The van der Waals surface area contributed by atoms with E-state index in [2.05, 4.69) is 23.0 Å². The van der Waals surface area contributed by atoms with Crippen LogP contribution in [0.1, 0.15) is 18.2 Å². The molecular weight excluding hydrogens is 276 g/mol. The van der Waals surface area contributed by atoms with E-state index in [4.69, 9.17) is 4.74 Å². The molecule has 4 nitrogen and oxygen atoms in total. The fraction of sp³-hybridized carbons (Fsp3) is 0.222. The Labute approximate surface area is 129 Å². The summed E-state index contributed by atoms with van der Waals surface area (Å²) in [6.07, 6.45) is 8.85. The largest absolute Gasteiger partial charge is 0.507 e. The fourth-order valence-electron chi connectivity index (χ4n) is 3.10. The van der Waals surface area contributed by atoms with Crippen LogP contribution in [0.3, 0.4) is 0 Å². The van der Waals surface area contributed by atoms with Crippen LogP contribution in [-0.4, -0.2) is 11.3 Å². The van der Waals surface area contributed by atoms with Gasteiger partial charge in [-0.3, -0.25) is 0 Å². The average Bonchev–Trinajstić information content (AvgIpc) is 3.05. The van der Waals surface area contributed by atoms with E-state index in [1.54, 1.807) is 6.07 Å². The molecule has 22 heavy (non-hydrogen) atoms. The van der Waals surface area contributed by atoms with Gasteiger partial charge in [-0.2, -0.15) is 0 Å². The van der Waals surface area contributed by atoms with Crippen molar-refractivity contribution in [3.63, 3.8) is 0 Å². The van der Waals surface area contributed by atoms with Gasteiger partial charge in [0.25, 0.3) is 0 Å². The van der Waals surface area contributed by atoms with Gasteiger partial charge in [0.05, 0.1) is 0 Å². The van der Waals surface area contributed by atoms with E-state index in [0.717, 1.165) is 22.8 Å². The minimum Gasteiger partial charge on any atom is -0.507 e. The molecule has 4 rings (SSSR count). The summed E-state index contributed by atoms with van der Waals surface area (Å²) in [5.74, 6) is 0.539. The van der Waals surface area contributed by atoms with Crippen LogP contribution in [0.15, 0.2) is 60.7 Å². The number of hydrogen-bond donors (Lipinski definition) is 3. The Bertz CT molecular complexity index is 754. The molecule has 0 spiro atoms. The van der Waals surface area contributed by atoms with E-state index in [-0.39, 0.29) is 18.2 Å². The van der Waals surface area contributed by atoms with Crippen molar-refractivity contribution < 1.29 is 9.84 Å². The molecule has 1 aliphatic heterocycles. The standard InChI is InChI=1S/C18H18N2O2/c21-15-11-10-12-6-4-5-9-14(12)16(15)18-20-19-17(22-18)13-7-2-1-3-8-13/h1-7,9-11,13,17-21H,8H2. The molecule has 4 heteroatoms. The molecule has 1 heterocycles. The molecule has 0 amide bonds. The lowest BCUT2D eigenvalue weighted by atomic mass is 9.99. The van der Waals surface area contributed by atoms with E-state index < -0.39 is 0 Å². The summed E-state index contributed by atoms with van der Waals surface area (Å²) in [7, 11) is 0. The number of fused-ring (bicyclic) bond motifs is 1. The zero-order chi connectivity index (χ0) is 14.9. The molecule has 0 radical (unpaired) electrons. The van der Waals surface area contributed by atoms with E-state index in [1.807, 2.05) is 42.5 Å². The molecule has 0 aromatic heterocycles. The molecule has 0 saturated carbocycles. The van der Waals surface area contributed by atoms with Crippen LogP contribution in [-0.2, 0) is 4.74 Å². The average molecular weight is 294 g/mol. The van der Waals surface area contributed by atoms with Gasteiger partial charge in [-0.05, 0) is 23.3 Å². The quantitative estimate of drug-likeness (QED) is 0.796. The van der Waals surface area contributed by atoms with Crippen LogP contribution in [0, 0.1) is 5.92 Å². The van der Waals surface area contributed by atoms with Crippen molar-refractivity contribution in [2.24, 2.45) is 5.92 Å². The van der Waals surface area contributed by atoms with Crippen molar-refractivity contribution >= 4 is 10.8 Å². The summed E-state index contributed by atoms with van der Waals surface area (Å²) < 4.78 is 6.11. The van der Waals surface area contributed by atoms with Crippen molar-refractivity contribution in [1.29, 1.82) is 0 Å². The summed E-state index contributed by atoms with van der Waals surface area (Å²) in [6.45, 7) is 0. The highest BCUT2D eigenvalue weighted by atomic mass is 16.5. The van der Waals surface area contributed by atoms with Crippen LogP contribution in [0.4, 0.5) is 0 Å². The second kappa shape index (κ2) is 5.57. The number of rotatable bonds is 2. The number of ether oxygens (including phenoxy) is 1. The zero-order valence-electron chi connectivity index (χ0n) is 12.1. The van der Waals surface area contributed by atoms with Gasteiger partial charge in [-0.1, -0.05) is 54.6 Å². The van der Waals surface area contributed by atoms with Crippen LogP contribution in [0.2, 0.25) is 0 Å².